The summed E-state index contributed by atoms with van der Waals surface area (Å²) in [5, 5.41) is 9.32. The Kier molecular flexibility index (Phi) is 2.95. The van der Waals surface area contributed by atoms with Gasteiger partial charge in [-0.3, -0.25) is 0 Å². The molecular formula is C15H13NO2S. The lowest BCUT2D eigenvalue weighted by atomic mass is 10.1. The van der Waals surface area contributed by atoms with Crippen molar-refractivity contribution in [2.24, 2.45) is 0 Å². The first-order chi connectivity index (χ1) is 9.22. The van der Waals surface area contributed by atoms with Gasteiger partial charge in [0.25, 0.3) is 0 Å². The van der Waals surface area contributed by atoms with Crippen LogP contribution in [0.5, 0.6) is 0 Å². The molecule has 96 valence electrons. The van der Waals surface area contributed by atoms with Crippen molar-refractivity contribution in [3.8, 4) is 0 Å². The van der Waals surface area contributed by atoms with E-state index in [0.29, 0.717) is 5.56 Å². The number of rotatable bonds is 2. The number of hydrogen-bond donors (Lipinski definition) is 1. The summed E-state index contributed by atoms with van der Waals surface area (Å²) in [7, 11) is 0. The van der Waals surface area contributed by atoms with Crippen LogP contribution in [-0.2, 0) is 0 Å². The van der Waals surface area contributed by atoms with E-state index in [9.17, 15) is 9.90 Å². The maximum atomic E-state index is 11.3. The average molecular weight is 271 g/mol. The van der Waals surface area contributed by atoms with Crippen molar-refractivity contribution in [3.05, 3.63) is 48.0 Å². The van der Waals surface area contributed by atoms with E-state index in [1.165, 1.54) is 11.8 Å². The van der Waals surface area contributed by atoms with E-state index < -0.39 is 5.97 Å². The summed E-state index contributed by atoms with van der Waals surface area (Å²) in [6.07, 6.45) is 0. The second-order valence-corrected chi connectivity index (χ2v) is 5.33. The number of carbonyl (C=O) groups is 1. The van der Waals surface area contributed by atoms with Gasteiger partial charge in [0.15, 0.2) is 0 Å². The van der Waals surface area contributed by atoms with Crippen LogP contribution in [0.25, 0.3) is 0 Å². The number of hydrogen-bond acceptors (Lipinski definition) is 3. The number of carboxylic acid groups (broad SMARTS) is 1. The van der Waals surface area contributed by atoms with Gasteiger partial charge in [0.1, 0.15) is 0 Å². The molecule has 4 heteroatoms. The highest BCUT2D eigenvalue weighted by Gasteiger charge is 2.25. The van der Waals surface area contributed by atoms with Gasteiger partial charge < -0.3 is 10.0 Å². The van der Waals surface area contributed by atoms with Gasteiger partial charge in [0.05, 0.1) is 21.8 Å². The lowest BCUT2D eigenvalue weighted by molar-refractivity contribution is 0.0693. The predicted molar refractivity (Wildman–Crippen MR) is 76.6 cm³/mol. The molecule has 3 rings (SSSR count). The van der Waals surface area contributed by atoms with Gasteiger partial charge >= 0.3 is 5.97 Å². The normalized spacial score (nSPS) is 12.8. The fourth-order valence-corrected chi connectivity index (χ4v) is 3.56. The molecule has 0 aliphatic carbocycles. The zero-order chi connectivity index (χ0) is 13.4. The largest absolute Gasteiger partial charge is 0.478 e. The van der Waals surface area contributed by atoms with Crippen LogP contribution < -0.4 is 4.90 Å². The summed E-state index contributed by atoms with van der Waals surface area (Å²) in [4.78, 5) is 15.4. The molecule has 0 amide bonds. The minimum absolute atomic E-state index is 0.371. The number of para-hydroxylation sites is 1. The summed E-state index contributed by atoms with van der Waals surface area (Å²) >= 11 is 1.53. The molecule has 1 N–H and O–H groups in total. The lowest BCUT2D eigenvalue weighted by Gasteiger charge is -2.32. The monoisotopic (exact) mass is 271 g/mol. The molecule has 3 nitrogen and oxygen atoms in total. The third-order valence-corrected chi connectivity index (χ3v) is 4.40. The summed E-state index contributed by atoms with van der Waals surface area (Å²) in [5.74, 6) is -0.875. The van der Waals surface area contributed by atoms with E-state index in [-0.39, 0.29) is 0 Å². The molecule has 0 saturated carbocycles. The highest BCUT2D eigenvalue weighted by Crippen LogP contribution is 2.49. The highest BCUT2D eigenvalue weighted by molar-refractivity contribution is 7.99. The van der Waals surface area contributed by atoms with Crippen LogP contribution in [-0.4, -0.2) is 17.6 Å². The Morgan fingerprint density at radius 3 is 2.63 bits per heavy atom. The van der Waals surface area contributed by atoms with E-state index in [4.69, 9.17) is 0 Å². The van der Waals surface area contributed by atoms with Crippen molar-refractivity contribution < 1.29 is 9.90 Å². The number of carboxylic acids is 1. The molecule has 0 spiro atoms. The smallest absolute Gasteiger partial charge is 0.336 e. The maximum absolute atomic E-state index is 11.3. The fourth-order valence-electron chi connectivity index (χ4n) is 2.36. The molecule has 0 saturated heterocycles. The molecule has 0 radical (unpaired) electrons. The number of nitrogens with zero attached hydrogens (tertiary/aromatic N) is 1. The molecule has 0 unspecified atom stereocenters. The number of aromatic carboxylic acids is 1. The third-order valence-electron chi connectivity index (χ3n) is 3.20. The summed E-state index contributed by atoms with van der Waals surface area (Å²) in [6, 6.07) is 13.5. The van der Waals surface area contributed by atoms with Gasteiger partial charge in [-0.15, -0.1) is 0 Å². The molecule has 19 heavy (non-hydrogen) atoms. The molecular weight excluding hydrogens is 258 g/mol. The minimum Gasteiger partial charge on any atom is -0.478 e. The van der Waals surface area contributed by atoms with Crippen LogP contribution in [0, 0.1) is 0 Å². The number of benzene rings is 2. The van der Waals surface area contributed by atoms with Gasteiger partial charge in [-0.2, -0.15) is 0 Å². The topological polar surface area (TPSA) is 40.5 Å². The zero-order valence-corrected chi connectivity index (χ0v) is 11.3. The van der Waals surface area contributed by atoms with Crippen LogP contribution in [0.15, 0.2) is 52.3 Å². The summed E-state index contributed by atoms with van der Waals surface area (Å²) < 4.78 is 0. The molecule has 0 fully saturated rings. The molecule has 0 aromatic heterocycles. The van der Waals surface area contributed by atoms with Gasteiger partial charge in [-0.05, 0) is 31.2 Å². The molecule has 2 aromatic carbocycles. The van der Waals surface area contributed by atoms with Gasteiger partial charge in [0.2, 0.25) is 0 Å². The van der Waals surface area contributed by atoms with Gasteiger partial charge in [0, 0.05) is 11.4 Å². The second-order valence-electron chi connectivity index (χ2n) is 4.27. The van der Waals surface area contributed by atoms with Crippen molar-refractivity contribution in [1.29, 1.82) is 0 Å². The van der Waals surface area contributed by atoms with E-state index in [1.54, 1.807) is 12.1 Å². The fraction of sp³-hybridized carbons (Fsp3) is 0.133. The number of anilines is 2. The highest BCUT2D eigenvalue weighted by atomic mass is 32.2. The average Bonchev–Trinajstić information content (AvgIpc) is 2.43. The van der Waals surface area contributed by atoms with E-state index in [0.717, 1.165) is 27.7 Å². The first-order valence-electron chi connectivity index (χ1n) is 6.13. The van der Waals surface area contributed by atoms with Gasteiger partial charge in [-0.1, -0.05) is 30.0 Å². The zero-order valence-electron chi connectivity index (χ0n) is 10.5. The minimum atomic E-state index is -0.875. The number of fused-ring (bicyclic) bond motifs is 2. The summed E-state index contributed by atoms with van der Waals surface area (Å²) in [5.41, 5.74) is 2.49. The predicted octanol–water partition coefficient (Wildman–Crippen LogP) is 4.01. The van der Waals surface area contributed by atoms with E-state index >= 15 is 0 Å². The first-order valence-corrected chi connectivity index (χ1v) is 6.94. The van der Waals surface area contributed by atoms with E-state index in [1.807, 2.05) is 24.3 Å². The SMILES string of the molecule is CCN1c2ccccc2Sc2c(C(=O)O)cccc21. The van der Waals surface area contributed by atoms with Crippen molar-refractivity contribution >= 4 is 29.1 Å². The van der Waals surface area contributed by atoms with Crippen molar-refractivity contribution in [3.63, 3.8) is 0 Å². The Balaban J connectivity index is 2.23. The van der Waals surface area contributed by atoms with Gasteiger partial charge in [-0.25, -0.2) is 4.79 Å². The summed E-state index contributed by atoms with van der Waals surface area (Å²) in [6.45, 7) is 2.89. The van der Waals surface area contributed by atoms with Crippen molar-refractivity contribution in [2.45, 2.75) is 16.7 Å². The van der Waals surface area contributed by atoms with Crippen LogP contribution in [0.4, 0.5) is 11.4 Å². The molecule has 0 bridgehead atoms. The Morgan fingerprint density at radius 1 is 1.16 bits per heavy atom. The standard InChI is InChI=1S/C15H13NO2S/c1-2-16-11-7-3-4-9-13(11)19-14-10(15(17)18)6-5-8-12(14)16/h3-9H,2H2,1H3,(H,17,18). The molecule has 1 aliphatic heterocycles. The van der Waals surface area contributed by atoms with E-state index in [2.05, 4.69) is 17.9 Å². The third kappa shape index (κ3) is 1.88. The lowest BCUT2D eigenvalue weighted by Crippen LogP contribution is -2.21. The molecule has 1 heterocycles. The maximum Gasteiger partial charge on any atom is 0.336 e. The molecule has 2 aromatic rings. The first kappa shape index (κ1) is 12.1. The Labute approximate surface area is 115 Å². The Hall–Kier alpha value is -1.94. The molecule has 0 atom stereocenters. The van der Waals surface area contributed by atoms with Crippen LogP contribution >= 0.6 is 11.8 Å². The van der Waals surface area contributed by atoms with Crippen molar-refractivity contribution in [1.82, 2.24) is 0 Å². The van der Waals surface area contributed by atoms with Crippen LogP contribution in [0.2, 0.25) is 0 Å². The Morgan fingerprint density at radius 2 is 1.89 bits per heavy atom. The van der Waals surface area contributed by atoms with Crippen LogP contribution in [0.3, 0.4) is 0 Å². The molecule has 1 aliphatic rings. The van der Waals surface area contributed by atoms with Crippen LogP contribution in [0.1, 0.15) is 17.3 Å². The second kappa shape index (κ2) is 4.63. The quantitative estimate of drug-likeness (QED) is 0.896. The Bertz CT molecular complexity index is 654. The van der Waals surface area contributed by atoms with Crippen molar-refractivity contribution in [2.75, 3.05) is 11.4 Å².